The van der Waals surface area contributed by atoms with Crippen LogP contribution in [0.15, 0.2) is 29.3 Å². The Hall–Kier alpha value is -2.54. The van der Waals surface area contributed by atoms with Crippen molar-refractivity contribution in [2.45, 2.75) is 33.7 Å². The maximum atomic E-state index is 13.5. The summed E-state index contributed by atoms with van der Waals surface area (Å²) in [6.45, 7) is 5.74. The van der Waals surface area contributed by atoms with Gasteiger partial charge in [0.05, 0.1) is 11.7 Å². The molecule has 2 heterocycles. The summed E-state index contributed by atoms with van der Waals surface area (Å²) in [5.41, 5.74) is 1.72. The summed E-state index contributed by atoms with van der Waals surface area (Å²) in [6, 6.07) is 4.53. The number of anilines is 1. The number of nitrogens with zero attached hydrogens (tertiary/aromatic N) is 2. The first kappa shape index (κ1) is 17.3. The van der Waals surface area contributed by atoms with Crippen molar-refractivity contribution in [1.29, 1.82) is 0 Å². The number of carbonyl (C=O) groups is 1. The van der Waals surface area contributed by atoms with Gasteiger partial charge >= 0.3 is 0 Å². The molecule has 0 spiro atoms. The van der Waals surface area contributed by atoms with Gasteiger partial charge in [-0.25, -0.2) is 9.37 Å². The van der Waals surface area contributed by atoms with Crippen LogP contribution in [0.4, 0.5) is 10.1 Å². The van der Waals surface area contributed by atoms with Crippen LogP contribution in [0.5, 0.6) is 0 Å². The third kappa shape index (κ3) is 3.46. The molecular formula is C18H18FN3O2S. The SMILES string of the molecule is Cc1ccc(NC(=O)CCn2cnc3sc(C)c(C)c3c2=O)cc1F. The molecule has 0 saturated heterocycles. The molecule has 0 bridgehead atoms. The van der Waals surface area contributed by atoms with Gasteiger partial charge in [-0.3, -0.25) is 14.2 Å². The highest BCUT2D eigenvalue weighted by Crippen LogP contribution is 2.25. The van der Waals surface area contributed by atoms with E-state index in [1.165, 1.54) is 28.3 Å². The number of thiophene rings is 1. The van der Waals surface area contributed by atoms with Crippen LogP contribution in [0.1, 0.15) is 22.4 Å². The Morgan fingerprint density at radius 2 is 2.08 bits per heavy atom. The van der Waals surface area contributed by atoms with Gasteiger partial charge in [-0.05, 0) is 44.0 Å². The number of rotatable bonds is 4. The molecule has 1 aromatic carbocycles. The second kappa shape index (κ2) is 6.76. The van der Waals surface area contributed by atoms with Crippen LogP contribution in [0, 0.1) is 26.6 Å². The normalized spacial score (nSPS) is 11.0. The molecule has 130 valence electrons. The van der Waals surface area contributed by atoms with Crippen LogP contribution in [-0.2, 0) is 11.3 Å². The Bertz CT molecular complexity index is 1020. The van der Waals surface area contributed by atoms with E-state index in [1.807, 2.05) is 13.8 Å². The summed E-state index contributed by atoms with van der Waals surface area (Å²) in [4.78, 5) is 30.7. The van der Waals surface area contributed by atoms with Crippen molar-refractivity contribution in [1.82, 2.24) is 9.55 Å². The number of aryl methyl sites for hydroxylation is 4. The molecule has 1 amide bonds. The minimum absolute atomic E-state index is 0.102. The van der Waals surface area contributed by atoms with Gasteiger partial charge in [-0.15, -0.1) is 11.3 Å². The number of carbonyl (C=O) groups excluding carboxylic acids is 1. The fourth-order valence-corrected chi connectivity index (χ4v) is 3.53. The smallest absolute Gasteiger partial charge is 0.262 e. The van der Waals surface area contributed by atoms with Crippen molar-refractivity contribution in [3.8, 4) is 0 Å². The van der Waals surface area contributed by atoms with E-state index in [0.717, 1.165) is 15.3 Å². The zero-order valence-corrected chi connectivity index (χ0v) is 15.0. The molecule has 5 nitrogen and oxygen atoms in total. The van der Waals surface area contributed by atoms with Crippen molar-refractivity contribution in [2.24, 2.45) is 0 Å². The van der Waals surface area contributed by atoms with Gasteiger partial charge in [-0.1, -0.05) is 6.07 Å². The highest BCUT2D eigenvalue weighted by Gasteiger charge is 2.13. The lowest BCUT2D eigenvalue weighted by molar-refractivity contribution is -0.116. The quantitative estimate of drug-likeness (QED) is 0.775. The van der Waals surface area contributed by atoms with Crippen LogP contribution in [0.3, 0.4) is 0 Å². The summed E-state index contributed by atoms with van der Waals surface area (Å²) in [7, 11) is 0. The van der Waals surface area contributed by atoms with E-state index in [2.05, 4.69) is 10.3 Å². The number of fused-ring (bicyclic) bond motifs is 1. The average Bonchev–Trinajstić information content (AvgIpc) is 2.86. The first-order valence-electron chi connectivity index (χ1n) is 7.88. The number of benzene rings is 1. The molecule has 1 N–H and O–H groups in total. The van der Waals surface area contributed by atoms with Gasteiger partial charge in [0, 0.05) is 23.5 Å². The lowest BCUT2D eigenvalue weighted by Gasteiger charge is -2.08. The number of nitrogens with one attached hydrogen (secondary N) is 1. The van der Waals surface area contributed by atoms with Crippen molar-refractivity contribution in [3.05, 3.63) is 56.7 Å². The Morgan fingerprint density at radius 1 is 1.32 bits per heavy atom. The summed E-state index contributed by atoms with van der Waals surface area (Å²) < 4.78 is 15.0. The van der Waals surface area contributed by atoms with E-state index in [1.54, 1.807) is 19.1 Å². The Labute approximate surface area is 148 Å². The van der Waals surface area contributed by atoms with E-state index in [4.69, 9.17) is 0 Å². The highest BCUT2D eigenvalue weighted by atomic mass is 32.1. The first-order chi connectivity index (χ1) is 11.9. The number of halogens is 1. The van der Waals surface area contributed by atoms with E-state index < -0.39 is 0 Å². The van der Waals surface area contributed by atoms with Gasteiger partial charge in [0.15, 0.2) is 0 Å². The predicted molar refractivity (Wildman–Crippen MR) is 97.7 cm³/mol. The van der Waals surface area contributed by atoms with Crippen LogP contribution in [0.25, 0.3) is 10.2 Å². The van der Waals surface area contributed by atoms with Gasteiger partial charge in [0.1, 0.15) is 10.6 Å². The molecule has 0 fully saturated rings. The topological polar surface area (TPSA) is 64.0 Å². The van der Waals surface area contributed by atoms with Crippen molar-refractivity contribution >= 4 is 33.1 Å². The molecule has 2 aromatic heterocycles. The van der Waals surface area contributed by atoms with Crippen molar-refractivity contribution in [2.75, 3.05) is 5.32 Å². The zero-order valence-electron chi connectivity index (χ0n) is 14.2. The van der Waals surface area contributed by atoms with Crippen LogP contribution >= 0.6 is 11.3 Å². The monoisotopic (exact) mass is 359 g/mol. The third-order valence-electron chi connectivity index (χ3n) is 4.19. The molecule has 0 atom stereocenters. The molecule has 0 saturated carbocycles. The first-order valence-corrected chi connectivity index (χ1v) is 8.69. The molecule has 0 aliphatic heterocycles. The molecule has 0 aliphatic rings. The van der Waals surface area contributed by atoms with Crippen LogP contribution in [-0.4, -0.2) is 15.5 Å². The predicted octanol–water partition coefficient (Wildman–Crippen LogP) is 3.55. The minimum Gasteiger partial charge on any atom is -0.326 e. The summed E-state index contributed by atoms with van der Waals surface area (Å²) >= 11 is 1.49. The number of aromatic nitrogens is 2. The van der Waals surface area contributed by atoms with E-state index >= 15 is 0 Å². The van der Waals surface area contributed by atoms with E-state index in [-0.39, 0.29) is 30.2 Å². The standard InChI is InChI=1S/C18H18FN3O2S/c1-10-4-5-13(8-14(10)19)21-15(23)6-7-22-9-20-17-16(18(22)24)11(2)12(3)25-17/h4-5,8-9H,6-7H2,1-3H3,(H,21,23). The molecule has 0 radical (unpaired) electrons. The lowest BCUT2D eigenvalue weighted by Crippen LogP contribution is -2.23. The van der Waals surface area contributed by atoms with Gasteiger partial charge in [0.2, 0.25) is 5.91 Å². The Balaban J connectivity index is 1.73. The zero-order chi connectivity index (χ0) is 18.1. The van der Waals surface area contributed by atoms with Gasteiger partial charge in [-0.2, -0.15) is 0 Å². The van der Waals surface area contributed by atoms with Crippen molar-refractivity contribution < 1.29 is 9.18 Å². The van der Waals surface area contributed by atoms with Crippen LogP contribution in [0.2, 0.25) is 0 Å². The molecule has 3 rings (SSSR count). The lowest BCUT2D eigenvalue weighted by atomic mass is 10.2. The maximum Gasteiger partial charge on any atom is 0.262 e. The molecular weight excluding hydrogens is 341 g/mol. The number of hydrogen-bond donors (Lipinski definition) is 1. The van der Waals surface area contributed by atoms with E-state index in [9.17, 15) is 14.0 Å². The summed E-state index contributed by atoms with van der Waals surface area (Å²) in [5.74, 6) is -0.652. The molecule has 0 aliphatic carbocycles. The minimum atomic E-state index is -0.369. The number of hydrogen-bond acceptors (Lipinski definition) is 4. The maximum absolute atomic E-state index is 13.5. The molecule has 7 heteroatoms. The second-order valence-electron chi connectivity index (χ2n) is 5.97. The number of amides is 1. The fourth-order valence-electron chi connectivity index (χ4n) is 2.55. The molecule has 25 heavy (non-hydrogen) atoms. The van der Waals surface area contributed by atoms with Crippen molar-refractivity contribution in [3.63, 3.8) is 0 Å². The Morgan fingerprint density at radius 3 is 2.80 bits per heavy atom. The fraction of sp³-hybridized carbons (Fsp3) is 0.278. The highest BCUT2D eigenvalue weighted by molar-refractivity contribution is 7.18. The van der Waals surface area contributed by atoms with E-state index in [0.29, 0.717) is 16.6 Å². The molecule has 0 unspecified atom stereocenters. The molecule has 3 aromatic rings. The van der Waals surface area contributed by atoms with Gasteiger partial charge in [0.25, 0.3) is 5.56 Å². The largest absolute Gasteiger partial charge is 0.326 e. The van der Waals surface area contributed by atoms with Gasteiger partial charge < -0.3 is 5.32 Å². The van der Waals surface area contributed by atoms with Crippen LogP contribution < -0.4 is 10.9 Å². The average molecular weight is 359 g/mol. The third-order valence-corrected chi connectivity index (χ3v) is 5.31. The Kier molecular flexibility index (Phi) is 4.67. The summed E-state index contributed by atoms with van der Waals surface area (Å²) in [5, 5.41) is 3.26. The second-order valence-corrected chi connectivity index (χ2v) is 7.17. The summed E-state index contributed by atoms with van der Waals surface area (Å²) in [6.07, 6.45) is 1.57.